The van der Waals surface area contributed by atoms with Crippen molar-refractivity contribution < 1.29 is 28.2 Å². The quantitative estimate of drug-likeness (QED) is 0.840. The number of β-amino-alcohol motifs (C(OH)–C–C–N with tert-alkyl or cyclic N) is 1. The van der Waals surface area contributed by atoms with E-state index in [0.717, 1.165) is 10.4 Å². The van der Waals surface area contributed by atoms with Crippen molar-refractivity contribution in [1.82, 2.24) is 4.31 Å². The van der Waals surface area contributed by atoms with Crippen LogP contribution in [0, 0.1) is 0 Å². The first-order valence-corrected chi connectivity index (χ1v) is 7.75. The van der Waals surface area contributed by atoms with Crippen LogP contribution < -0.4 is 4.74 Å². The molecule has 7 nitrogen and oxygen atoms in total. The number of carboxylic acid groups (broad SMARTS) is 1. The minimum atomic E-state index is -3.84. The molecule has 0 aliphatic carbocycles. The second kappa shape index (κ2) is 5.28. The summed E-state index contributed by atoms with van der Waals surface area (Å²) in [5.74, 6) is -1.17. The van der Waals surface area contributed by atoms with E-state index in [9.17, 15) is 18.3 Å². The number of aliphatic hydroxyl groups is 1. The molecule has 0 saturated carbocycles. The molecule has 2 N–H and O–H groups in total. The topological polar surface area (TPSA) is 104 Å². The van der Waals surface area contributed by atoms with E-state index < -0.39 is 21.6 Å². The Bertz CT molecular complexity index is 667. The van der Waals surface area contributed by atoms with Gasteiger partial charge in [-0.25, -0.2) is 13.2 Å². The van der Waals surface area contributed by atoms with Gasteiger partial charge in [-0.1, -0.05) is 0 Å². The fourth-order valence-electron chi connectivity index (χ4n) is 2.27. The number of carbonyl (C=O) groups is 1. The van der Waals surface area contributed by atoms with Crippen LogP contribution >= 0.6 is 0 Å². The Morgan fingerprint density at radius 1 is 1.43 bits per heavy atom. The second-order valence-corrected chi connectivity index (χ2v) is 7.19. The first-order valence-electron chi connectivity index (χ1n) is 6.31. The van der Waals surface area contributed by atoms with E-state index in [1.54, 1.807) is 6.92 Å². The summed E-state index contributed by atoms with van der Waals surface area (Å²) in [5.41, 5.74) is -1.28. The Morgan fingerprint density at radius 2 is 2.10 bits per heavy atom. The molecule has 1 aromatic carbocycles. The van der Waals surface area contributed by atoms with Crippen LogP contribution in [0.3, 0.4) is 0 Å². The second-order valence-electron chi connectivity index (χ2n) is 5.25. The predicted octanol–water partition coefficient (Wildman–Crippen LogP) is 0.539. The summed E-state index contributed by atoms with van der Waals surface area (Å²) in [6.45, 7) is 1.76. The van der Waals surface area contributed by atoms with Crippen molar-refractivity contribution in [3.63, 3.8) is 0 Å². The van der Waals surface area contributed by atoms with Crippen molar-refractivity contribution in [1.29, 1.82) is 0 Å². The lowest BCUT2D eigenvalue weighted by Gasteiger charge is -2.19. The number of nitrogens with zero attached hydrogens (tertiary/aromatic N) is 1. The number of ether oxygens (including phenoxy) is 1. The molecule has 1 aromatic rings. The molecular formula is C13H17NO6S. The van der Waals surface area contributed by atoms with Crippen LogP contribution in [-0.4, -0.2) is 54.7 Å². The number of rotatable bonds is 4. The fourth-order valence-corrected chi connectivity index (χ4v) is 3.86. The number of aromatic carboxylic acids is 1. The third kappa shape index (κ3) is 3.02. The van der Waals surface area contributed by atoms with Crippen LogP contribution in [0.15, 0.2) is 23.1 Å². The van der Waals surface area contributed by atoms with E-state index in [1.807, 2.05) is 0 Å². The summed E-state index contributed by atoms with van der Waals surface area (Å²) >= 11 is 0. The van der Waals surface area contributed by atoms with Gasteiger partial charge in [0.2, 0.25) is 10.0 Å². The van der Waals surface area contributed by atoms with Crippen LogP contribution in [0.4, 0.5) is 0 Å². The van der Waals surface area contributed by atoms with Crippen molar-refractivity contribution >= 4 is 16.0 Å². The largest absolute Gasteiger partial charge is 0.496 e. The third-order valence-corrected chi connectivity index (χ3v) is 5.30. The lowest BCUT2D eigenvalue weighted by molar-refractivity contribution is 0.0692. The SMILES string of the molecule is COc1ccc(S(=O)(=O)N2CCC(C)(O)C2)cc1C(=O)O. The van der Waals surface area contributed by atoms with Crippen LogP contribution in [0.25, 0.3) is 0 Å². The fraction of sp³-hybridized carbons (Fsp3) is 0.462. The maximum absolute atomic E-state index is 12.5. The Balaban J connectivity index is 2.42. The zero-order chi connectivity index (χ0) is 15.8. The molecule has 116 valence electrons. The highest BCUT2D eigenvalue weighted by atomic mass is 32.2. The number of hydrogen-bond donors (Lipinski definition) is 2. The maximum atomic E-state index is 12.5. The molecule has 8 heteroatoms. The van der Waals surface area contributed by atoms with Gasteiger partial charge in [-0.3, -0.25) is 0 Å². The number of sulfonamides is 1. The molecule has 0 radical (unpaired) electrons. The number of carboxylic acids is 1. The lowest BCUT2D eigenvalue weighted by Crippen LogP contribution is -2.34. The smallest absolute Gasteiger partial charge is 0.339 e. The predicted molar refractivity (Wildman–Crippen MR) is 74.0 cm³/mol. The maximum Gasteiger partial charge on any atom is 0.339 e. The van der Waals surface area contributed by atoms with E-state index >= 15 is 0 Å². The minimum Gasteiger partial charge on any atom is -0.496 e. The van der Waals surface area contributed by atoms with Crippen molar-refractivity contribution in [3.05, 3.63) is 23.8 Å². The third-order valence-electron chi connectivity index (χ3n) is 3.46. The molecule has 1 heterocycles. The molecule has 1 fully saturated rings. The van der Waals surface area contributed by atoms with Gasteiger partial charge in [-0.2, -0.15) is 4.31 Å². The molecule has 1 aliphatic heterocycles. The first kappa shape index (κ1) is 15.7. The Hall–Kier alpha value is -1.64. The monoisotopic (exact) mass is 315 g/mol. The number of benzene rings is 1. The molecule has 1 atom stereocenters. The molecule has 1 saturated heterocycles. The number of hydrogen-bond acceptors (Lipinski definition) is 5. The van der Waals surface area contributed by atoms with Crippen LogP contribution in [-0.2, 0) is 10.0 Å². The van der Waals surface area contributed by atoms with Gasteiger partial charge in [0, 0.05) is 13.1 Å². The van der Waals surface area contributed by atoms with Crippen LogP contribution in [0.2, 0.25) is 0 Å². The summed E-state index contributed by atoms with van der Waals surface area (Å²) in [7, 11) is -2.52. The molecule has 2 rings (SSSR count). The normalized spacial score (nSPS) is 23.2. The average molecular weight is 315 g/mol. The van der Waals surface area contributed by atoms with Gasteiger partial charge in [0.1, 0.15) is 11.3 Å². The molecule has 1 unspecified atom stereocenters. The Labute approximate surface area is 122 Å². The summed E-state index contributed by atoms with van der Waals surface area (Å²) in [5, 5.41) is 19.0. The minimum absolute atomic E-state index is 0.0102. The highest BCUT2D eigenvalue weighted by Gasteiger charge is 2.38. The summed E-state index contributed by atoms with van der Waals surface area (Å²) in [4.78, 5) is 11.0. The van der Waals surface area contributed by atoms with Crippen molar-refractivity contribution in [2.75, 3.05) is 20.2 Å². The standard InChI is InChI=1S/C13H17NO6S/c1-13(17)5-6-14(8-13)21(18,19)9-3-4-11(20-2)10(7-9)12(15)16/h3-4,7,17H,5-6,8H2,1-2H3,(H,15,16). The van der Waals surface area contributed by atoms with E-state index in [1.165, 1.54) is 19.2 Å². The molecule has 0 amide bonds. The van der Waals surface area contributed by atoms with Gasteiger partial charge in [0.05, 0.1) is 17.6 Å². The van der Waals surface area contributed by atoms with E-state index in [-0.39, 0.29) is 29.3 Å². The van der Waals surface area contributed by atoms with Gasteiger partial charge < -0.3 is 14.9 Å². The van der Waals surface area contributed by atoms with Gasteiger partial charge in [0.25, 0.3) is 0 Å². The van der Waals surface area contributed by atoms with E-state index in [0.29, 0.717) is 6.42 Å². The van der Waals surface area contributed by atoms with Crippen LogP contribution in [0.5, 0.6) is 5.75 Å². The van der Waals surface area contributed by atoms with Crippen molar-refractivity contribution in [2.24, 2.45) is 0 Å². The molecule has 0 spiro atoms. The zero-order valence-electron chi connectivity index (χ0n) is 11.7. The number of methoxy groups -OCH3 is 1. The van der Waals surface area contributed by atoms with Gasteiger partial charge in [0.15, 0.2) is 0 Å². The highest BCUT2D eigenvalue weighted by molar-refractivity contribution is 7.89. The zero-order valence-corrected chi connectivity index (χ0v) is 12.6. The Morgan fingerprint density at radius 3 is 2.57 bits per heavy atom. The Kier molecular flexibility index (Phi) is 3.96. The van der Waals surface area contributed by atoms with E-state index in [4.69, 9.17) is 9.84 Å². The van der Waals surface area contributed by atoms with Gasteiger partial charge in [-0.05, 0) is 31.5 Å². The van der Waals surface area contributed by atoms with E-state index in [2.05, 4.69) is 0 Å². The molecular weight excluding hydrogens is 298 g/mol. The van der Waals surface area contributed by atoms with Crippen molar-refractivity contribution in [2.45, 2.75) is 23.8 Å². The lowest BCUT2D eigenvalue weighted by atomic mass is 10.1. The molecule has 1 aliphatic rings. The van der Waals surface area contributed by atoms with Crippen LogP contribution in [0.1, 0.15) is 23.7 Å². The highest BCUT2D eigenvalue weighted by Crippen LogP contribution is 2.29. The van der Waals surface area contributed by atoms with Crippen molar-refractivity contribution in [3.8, 4) is 5.75 Å². The van der Waals surface area contributed by atoms with Gasteiger partial charge >= 0.3 is 5.97 Å². The first-order chi connectivity index (χ1) is 9.67. The average Bonchev–Trinajstić information content (AvgIpc) is 2.78. The summed E-state index contributed by atoms with van der Waals surface area (Å²) < 4.78 is 31.0. The summed E-state index contributed by atoms with van der Waals surface area (Å²) in [6, 6.07) is 3.68. The molecule has 0 bridgehead atoms. The molecule has 21 heavy (non-hydrogen) atoms. The van der Waals surface area contributed by atoms with Gasteiger partial charge in [-0.15, -0.1) is 0 Å². The summed E-state index contributed by atoms with van der Waals surface area (Å²) in [6.07, 6.45) is 0.341. The molecule has 0 aromatic heterocycles.